The van der Waals surface area contributed by atoms with E-state index >= 15 is 0 Å². The molecule has 0 saturated heterocycles. The highest BCUT2D eigenvalue weighted by Crippen LogP contribution is 2.21. The van der Waals surface area contributed by atoms with Crippen molar-refractivity contribution in [1.29, 1.82) is 0 Å². The monoisotopic (exact) mass is 332 g/mol. The second-order valence-electron chi connectivity index (χ2n) is 4.78. The third-order valence-electron chi connectivity index (χ3n) is 2.94. The Balaban J connectivity index is 1.95. The molecule has 0 fully saturated rings. The van der Waals surface area contributed by atoms with Crippen LogP contribution >= 0.6 is 11.6 Å². The van der Waals surface area contributed by atoms with E-state index in [1.54, 1.807) is 0 Å². The largest absolute Gasteiger partial charge is 0.507 e. The van der Waals surface area contributed by atoms with Gasteiger partial charge in [-0.3, -0.25) is 4.79 Å². The molecule has 2 aromatic carbocycles. The normalized spacial score (nSPS) is 10.7. The molecule has 0 spiro atoms. The molecule has 2 rings (SSSR count). The summed E-state index contributed by atoms with van der Waals surface area (Å²) in [7, 11) is 0. The molecule has 0 aliphatic heterocycles. The van der Waals surface area contributed by atoms with Crippen LogP contribution in [0, 0.1) is 0 Å². The first kappa shape index (κ1) is 16.8. The summed E-state index contributed by atoms with van der Waals surface area (Å²) in [4.78, 5) is 11.9. The Bertz CT molecular complexity index is 699. The van der Waals surface area contributed by atoms with Crippen molar-refractivity contribution >= 4 is 23.7 Å². The molecule has 2 N–H and O–H groups in total. The van der Waals surface area contributed by atoms with Crippen LogP contribution in [0.3, 0.4) is 0 Å². The number of carbonyl (C=O) groups is 1. The third-order valence-corrected chi connectivity index (χ3v) is 3.17. The lowest BCUT2D eigenvalue weighted by atomic mass is 10.2. The number of rotatable bonds is 6. The number of carbonyl (C=O) groups excluding carboxylic acids is 1. The highest BCUT2D eigenvalue weighted by molar-refractivity contribution is 6.31. The Morgan fingerprint density at radius 1 is 1.30 bits per heavy atom. The molecule has 2 aromatic rings. The number of nitrogens with zero attached hydrogens (tertiary/aromatic N) is 1. The number of phenolic OH excluding ortho intramolecular Hbond substituents is 1. The Morgan fingerprint density at radius 3 is 2.74 bits per heavy atom. The van der Waals surface area contributed by atoms with Gasteiger partial charge >= 0.3 is 0 Å². The van der Waals surface area contributed by atoms with Crippen molar-refractivity contribution in [2.24, 2.45) is 5.10 Å². The number of hydrazone groups is 1. The van der Waals surface area contributed by atoms with E-state index < -0.39 is 5.91 Å². The van der Waals surface area contributed by atoms with Crippen molar-refractivity contribution in [3.63, 3.8) is 0 Å². The summed E-state index contributed by atoms with van der Waals surface area (Å²) in [6.07, 6.45) is 2.45. The van der Waals surface area contributed by atoms with Gasteiger partial charge in [-0.05, 0) is 54.4 Å². The van der Waals surface area contributed by atoms with Gasteiger partial charge in [-0.15, -0.1) is 0 Å². The fraction of sp³-hybridized carbons (Fsp3) is 0.176. The zero-order chi connectivity index (χ0) is 16.7. The van der Waals surface area contributed by atoms with Gasteiger partial charge in [0, 0.05) is 5.02 Å². The molecule has 0 saturated carbocycles. The predicted octanol–water partition coefficient (Wildman–Crippen LogP) is 3.60. The van der Waals surface area contributed by atoms with Gasteiger partial charge in [0.15, 0.2) is 0 Å². The average molecular weight is 333 g/mol. The summed E-state index contributed by atoms with van der Waals surface area (Å²) in [5.41, 5.74) is 3.22. The van der Waals surface area contributed by atoms with Gasteiger partial charge in [0.05, 0.1) is 18.4 Å². The van der Waals surface area contributed by atoms with Crippen molar-refractivity contribution < 1.29 is 14.6 Å². The SMILES string of the molecule is CCCOc1ccc(/C=N/NC(=O)c2cc(Cl)ccc2O)cc1. The van der Waals surface area contributed by atoms with Gasteiger partial charge in [0.1, 0.15) is 11.5 Å². The average Bonchev–Trinajstić information content (AvgIpc) is 2.56. The van der Waals surface area contributed by atoms with E-state index in [1.807, 2.05) is 31.2 Å². The molecule has 23 heavy (non-hydrogen) atoms. The second kappa shape index (κ2) is 8.19. The molecule has 0 radical (unpaired) electrons. The molecule has 0 bridgehead atoms. The minimum atomic E-state index is -0.538. The number of hydrogen-bond acceptors (Lipinski definition) is 4. The summed E-state index contributed by atoms with van der Waals surface area (Å²) in [5.74, 6) is 0.0977. The van der Waals surface area contributed by atoms with Gasteiger partial charge in [-0.1, -0.05) is 18.5 Å². The van der Waals surface area contributed by atoms with E-state index in [-0.39, 0.29) is 11.3 Å². The van der Waals surface area contributed by atoms with Crippen molar-refractivity contribution in [1.82, 2.24) is 5.43 Å². The number of benzene rings is 2. The second-order valence-corrected chi connectivity index (χ2v) is 5.21. The Labute approximate surface area is 139 Å². The van der Waals surface area contributed by atoms with Crippen LogP contribution in [0.2, 0.25) is 5.02 Å². The maximum absolute atomic E-state index is 11.9. The summed E-state index contributed by atoms with van der Waals surface area (Å²) < 4.78 is 5.48. The Kier molecular flexibility index (Phi) is 6.00. The summed E-state index contributed by atoms with van der Waals surface area (Å²) in [6, 6.07) is 11.6. The maximum atomic E-state index is 11.9. The van der Waals surface area contributed by atoms with Crippen LogP contribution in [0.5, 0.6) is 11.5 Å². The molecule has 0 heterocycles. The van der Waals surface area contributed by atoms with E-state index in [0.717, 1.165) is 17.7 Å². The smallest absolute Gasteiger partial charge is 0.275 e. The standard InChI is InChI=1S/C17H17ClN2O3/c1-2-9-23-14-6-3-12(4-7-14)11-19-20-17(22)15-10-13(18)5-8-16(15)21/h3-8,10-11,21H,2,9H2,1H3,(H,20,22)/b19-11+. The maximum Gasteiger partial charge on any atom is 0.275 e. The lowest BCUT2D eigenvalue weighted by Gasteiger charge is -2.04. The van der Waals surface area contributed by atoms with Gasteiger partial charge in [0.2, 0.25) is 0 Å². The van der Waals surface area contributed by atoms with Crippen LogP contribution in [-0.4, -0.2) is 23.8 Å². The van der Waals surface area contributed by atoms with Crippen LogP contribution in [0.1, 0.15) is 29.3 Å². The molecule has 0 unspecified atom stereocenters. The first-order valence-corrected chi connectivity index (χ1v) is 7.52. The number of amides is 1. The fourth-order valence-corrected chi connectivity index (χ4v) is 1.96. The number of halogens is 1. The van der Waals surface area contributed by atoms with E-state index in [0.29, 0.717) is 11.6 Å². The third kappa shape index (κ3) is 5.00. The van der Waals surface area contributed by atoms with E-state index in [1.165, 1.54) is 24.4 Å². The molecule has 120 valence electrons. The highest BCUT2D eigenvalue weighted by atomic mass is 35.5. The summed E-state index contributed by atoms with van der Waals surface area (Å²) in [5, 5.41) is 13.9. The quantitative estimate of drug-likeness (QED) is 0.627. The van der Waals surface area contributed by atoms with Crippen molar-refractivity contribution in [2.75, 3.05) is 6.61 Å². The van der Waals surface area contributed by atoms with Crippen molar-refractivity contribution in [3.8, 4) is 11.5 Å². The Hall–Kier alpha value is -2.53. The molecule has 0 aliphatic carbocycles. The number of hydrogen-bond donors (Lipinski definition) is 2. The zero-order valence-electron chi connectivity index (χ0n) is 12.6. The highest BCUT2D eigenvalue weighted by Gasteiger charge is 2.10. The van der Waals surface area contributed by atoms with E-state index in [4.69, 9.17) is 16.3 Å². The van der Waals surface area contributed by atoms with Gasteiger partial charge in [-0.2, -0.15) is 5.10 Å². The van der Waals surface area contributed by atoms with Crippen LogP contribution in [0.25, 0.3) is 0 Å². The topological polar surface area (TPSA) is 70.9 Å². The molecular weight excluding hydrogens is 316 g/mol. The van der Waals surface area contributed by atoms with Gasteiger partial charge in [0.25, 0.3) is 5.91 Å². The summed E-state index contributed by atoms with van der Waals surface area (Å²) in [6.45, 7) is 2.72. The lowest BCUT2D eigenvalue weighted by molar-refractivity contribution is 0.0952. The van der Waals surface area contributed by atoms with Gasteiger partial charge < -0.3 is 9.84 Å². The van der Waals surface area contributed by atoms with E-state index in [9.17, 15) is 9.90 Å². The molecular formula is C17H17ClN2O3. The molecule has 0 aliphatic rings. The predicted molar refractivity (Wildman–Crippen MR) is 90.4 cm³/mol. The minimum absolute atomic E-state index is 0.0676. The van der Waals surface area contributed by atoms with Crippen molar-refractivity contribution in [2.45, 2.75) is 13.3 Å². The molecule has 1 amide bonds. The van der Waals surface area contributed by atoms with Gasteiger partial charge in [-0.25, -0.2) is 5.43 Å². The minimum Gasteiger partial charge on any atom is -0.507 e. The number of ether oxygens (including phenoxy) is 1. The first-order valence-electron chi connectivity index (χ1n) is 7.15. The van der Waals surface area contributed by atoms with Crippen LogP contribution in [0.4, 0.5) is 0 Å². The fourth-order valence-electron chi connectivity index (χ4n) is 1.79. The summed E-state index contributed by atoms with van der Waals surface area (Å²) >= 11 is 5.80. The molecule has 5 nitrogen and oxygen atoms in total. The van der Waals surface area contributed by atoms with E-state index in [2.05, 4.69) is 10.5 Å². The lowest BCUT2D eigenvalue weighted by Crippen LogP contribution is -2.17. The Morgan fingerprint density at radius 2 is 2.04 bits per heavy atom. The van der Waals surface area contributed by atoms with Crippen LogP contribution < -0.4 is 10.2 Å². The van der Waals surface area contributed by atoms with Crippen molar-refractivity contribution in [3.05, 3.63) is 58.6 Å². The number of phenols is 1. The molecule has 0 aromatic heterocycles. The number of nitrogens with one attached hydrogen (secondary N) is 1. The van der Waals surface area contributed by atoms with Crippen LogP contribution in [0.15, 0.2) is 47.6 Å². The van der Waals surface area contributed by atoms with Crippen LogP contribution in [-0.2, 0) is 0 Å². The number of aromatic hydroxyl groups is 1. The molecule has 6 heteroatoms. The molecule has 0 atom stereocenters. The zero-order valence-corrected chi connectivity index (χ0v) is 13.4. The first-order chi connectivity index (χ1) is 11.1.